The molecule has 1 aliphatic rings. The number of aromatic nitrogens is 1. The molecule has 2 aromatic carbocycles. The number of benzene rings is 2. The molecular weight excluding hydrogens is 407 g/mol. The Morgan fingerprint density at radius 1 is 1.19 bits per heavy atom. The van der Waals surface area contributed by atoms with E-state index in [-0.39, 0.29) is 12.5 Å². The lowest BCUT2D eigenvalue weighted by Crippen LogP contribution is -2.40. The summed E-state index contributed by atoms with van der Waals surface area (Å²) in [5.41, 5.74) is 0.981. The van der Waals surface area contributed by atoms with Crippen molar-refractivity contribution >= 4 is 45.6 Å². The Balaban J connectivity index is 1.40. The molecule has 0 aliphatic carbocycles. The maximum atomic E-state index is 12.4. The van der Waals surface area contributed by atoms with Crippen LogP contribution in [0.4, 0.5) is 5.13 Å². The van der Waals surface area contributed by atoms with Crippen LogP contribution in [0.25, 0.3) is 0 Å². The predicted octanol–water partition coefficient (Wildman–Crippen LogP) is 4.82. The van der Waals surface area contributed by atoms with Crippen LogP contribution in [0.5, 0.6) is 11.5 Å². The fourth-order valence-electron chi connectivity index (χ4n) is 2.70. The number of anilines is 1. The zero-order valence-electron chi connectivity index (χ0n) is 13.9. The van der Waals surface area contributed by atoms with Crippen molar-refractivity contribution in [2.24, 2.45) is 0 Å². The zero-order valence-corrected chi connectivity index (χ0v) is 16.3. The number of hydrogen-bond acceptors (Lipinski definition) is 5. The lowest BCUT2D eigenvalue weighted by atomic mass is 10.1. The van der Waals surface area contributed by atoms with Crippen LogP contribution in [0.2, 0.25) is 10.0 Å². The Kier molecular flexibility index (Phi) is 5.20. The second-order valence-electron chi connectivity index (χ2n) is 5.94. The number of halogens is 2. The van der Waals surface area contributed by atoms with Crippen molar-refractivity contribution in [2.75, 3.05) is 11.9 Å². The molecule has 0 spiro atoms. The maximum absolute atomic E-state index is 12.4. The van der Waals surface area contributed by atoms with Gasteiger partial charge in [-0.2, -0.15) is 0 Å². The van der Waals surface area contributed by atoms with Gasteiger partial charge >= 0.3 is 0 Å². The highest BCUT2D eigenvalue weighted by atomic mass is 35.5. The van der Waals surface area contributed by atoms with Crippen LogP contribution >= 0.6 is 34.5 Å². The highest BCUT2D eigenvalue weighted by molar-refractivity contribution is 7.15. The summed E-state index contributed by atoms with van der Waals surface area (Å²) in [6, 6.07) is 12.7. The standard InChI is InChI=1S/C19H14Cl2N2O3S/c20-12-5-11(6-13(21)8-12)7-14-9-22-19(27-14)23-18(24)17-10-25-15-3-1-2-4-16(15)26-17/h1-6,8-9,17H,7,10H2,(H,22,23,24). The van der Waals surface area contributed by atoms with E-state index in [0.29, 0.717) is 33.1 Å². The molecule has 1 aliphatic heterocycles. The van der Waals surface area contributed by atoms with Crippen LogP contribution in [0.3, 0.4) is 0 Å². The number of ether oxygens (including phenoxy) is 2. The minimum atomic E-state index is -0.723. The van der Waals surface area contributed by atoms with Gasteiger partial charge in [0, 0.05) is 27.5 Å². The number of hydrogen-bond donors (Lipinski definition) is 1. The summed E-state index contributed by atoms with van der Waals surface area (Å²) in [6.45, 7) is 0.155. The maximum Gasteiger partial charge on any atom is 0.270 e. The van der Waals surface area contributed by atoms with Gasteiger partial charge in [-0.25, -0.2) is 4.98 Å². The highest BCUT2D eigenvalue weighted by Crippen LogP contribution is 2.31. The SMILES string of the molecule is O=C(Nc1ncc(Cc2cc(Cl)cc(Cl)c2)s1)C1COc2ccccc2O1. The lowest BCUT2D eigenvalue weighted by molar-refractivity contribution is -0.125. The molecule has 138 valence electrons. The second-order valence-corrected chi connectivity index (χ2v) is 7.93. The first-order valence-electron chi connectivity index (χ1n) is 8.16. The Labute approximate surface area is 169 Å². The number of fused-ring (bicyclic) bond motifs is 1. The van der Waals surface area contributed by atoms with Gasteiger partial charge in [-0.3, -0.25) is 10.1 Å². The van der Waals surface area contributed by atoms with E-state index in [4.69, 9.17) is 32.7 Å². The third-order valence-electron chi connectivity index (χ3n) is 3.89. The molecule has 8 heteroatoms. The molecule has 0 saturated carbocycles. The van der Waals surface area contributed by atoms with Gasteiger partial charge in [0.15, 0.2) is 16.6 Å². The van der Waals surface area contributed by atoms with Crippen molar-refractivity contribution in [2.45, 2.75) is 12.5 Å². The Morgan fingerprint density at radius 3 is 2.70 bits per heavy atom. The molecule has 1 aromatic heterocycles. The van der Waals surface area contributed by atoms with Gasteiger partial charge in [-0.05, 0) is 35.9 Å². The third kappa shape index (κ3) is 4.35. The van der Waals surface area contributed by atoms with Gasteiger partial charge in [0.2, 0.25) is 6.10 Å². The van der Waals surface area contributed by atoms with Crippen molar-refractivity contribution in [1.29, 1.82) is 0 Å². The van der Waals surface area contributed by atoms with Crippen LogP contribution < -0.4 is 14.8 Å². The number of carbonyl (C=O) groups excluding carboxylic acids is 1. The second kappa shape index (κ2) is 7.76. The van der Waals surface area contributed by atoms with Crippen LogP contribution in [-0.2, 0) is 11.2 Å². The van der Waals surface area contributed by atoms with E-state index in [1.165, 1.54) is 11.3 Å². The monoisotopic (exact) mass is 420 g/mol. The number of rotatable bonds is 4. The van der Waals surface area contributed by atoms with Crippen molar-refractivity contribution in [1.82, 2.24) is 4.98 Å². The quantitative estimate of drug-likeness (QED) is 0.656. The van der Waals surface area contributed by atoms with Gasteiger partial charge in [-0.15, -0.1) is 11.3 Å². The zero-order chi connectivity index (χ0) is 18.8. The molecule has 3 aromatic rings. The van der Waals surface area contributed by atoms with Crippen molar-refractivity contribution in [3.63, 3.8) is 0 Å². The summed E-state index contributed by atoms with van der Waals surface area (Å²) in [5, 5.41) is 4.46. The fraction of sp³-hybridized carbons (Fsp3) is 0.158. The summed E-state index contributed by atoms with van der Waals surface area (Å²) in [6.07, 6.45) is 1.63. The normalized spacial score (nSPS) is 15.4. The van der Waals surface area contributed by atoms with Gasteiger partial charge in [0.25, 0.3) is 5.91 Å². The molecule has 1 amide bonds. The first kappa shape index (κ1) is 18.1. The van der Waals surface area contributed by atoms with E-state index in [2.05, 4.69) is 10.3 Å². The third-order valence-corrected chi connectivity index (χ3v) is 5.23. The summed E-state index contributed by atoms with van der Waals surface area (Å²) in [7, 11) is 0. The summed E-state index contributed by atoms with van der Waals surface area (Å²) < 4.78 is 11.3. The molecule has 1 unspecified atom stereocenters. The van der Waals surface area contributed by atoms with Gasteiger partial charge in [-0.1, -0.05) is 35.3 Å². The summed E-state index contributed by atoms with van der Waals surface area (Å²) in [5.74, 6) is 0.899. The molecule has 0 radical (unpaired) electrons. The van der Waals surface area contributed by atoms with Crippen LogP contribution in [0, 0.1) is 0 Å². The van der Waals surface area contributed by atoms with E-state index >= 15 is 0 Å². The number of para-hydroxylation sites is 2. The average molecular weight is 421 g/mol. The van der Waals surface area contributed by atoms with E-state index in [9.17, 15) is 4.79 Å². The average Bonchev–Trinajstić information content (AvgIpc) is 3.07. The van der Waals surface area contributed by atoms with Gasteiger partial charge < -0.3 is 9.47 Å². The number of thiazole rings is 1. The molecule has 0 bridgehead atoms. The molecule has 0 saturated heterocycles. The van der Waals surface area contributed by atoms with Crippen LogP contribution in [-0.4, -0.2) is 23.6 Å². The van der Waals surface area contributed by atoms with Crippen molar-refractivity contribution in [3.8, 4) is 11.5 Å². The minimum absolute atomic E-state index is 0.155. The largest absolute Gasteiger partial charge is 0.485 e. The first-order chi connectivity index (χ1) is 13.1. The molecular formula is C19H14Cl2N2O3S. The van der Waals surface area contributed by atoms with Crippen LogP contribution in [0.15, 0.2) is 48.7 Å². The Bertz CT molecular complexity index is 972. The molecule has 4 rings (SSSR count). The number of nitrogens with zero attached hydrogens (tertiary/aromatic N) is 1. The Hall–Kier alpha value is -2.28. The highest BCUT2D eigenvalue weighted by Gasteiger charge is 2.27. The molecule has 0 fully saturated rings. The van der Waals surface area contributed by atoms with E-state index in [0.717, 1.165) is 10.4 Å². The summed E-state index contributed by atoms with van der Waals surface area (Å²) >= 11 is 13.5. The lowest BCUT2D eigenvalue weighted by Gasteiger charge is -2.25. The van der Waals surface area contributed by atoms with Gasteiger partial charge in [0.1, 0.15) is 6.61 Å². The van der Waals surface area contributed by atoms with Crippen molar-refractivity contribution < 1.29 is 14.3 Å². The number of carbonyl (C=O) groups is 1. The van der Waals surface area contributed by atoms with E-state index in [1.807, 2.05) is 24.3 Å². The Morgan fingerprint density at radius 2 is 1.93 bits per heavy atom. The smallest absolute Gasteiger partial charge is 0.270 e. The van der Waals surface area contributed by atoms with Gasteiger partial charge in [0.05, 0.1) is 0 Å². The molecule has 27 heavy (non-hydrogen) atoms. The minimum Gasteiger partial charge on any atom is -0.485 e. The van der Waals surface area contributed by atoms with Crippen LogP contribution in [0.1, 0.15) is 10.4 Å². The topological polar surface area (TPSA) is 60.5 Å². The number of amides is 1. The molecule has 2 heterocycles. The molecule has 5 nitrogen and oxygen atoms in total. The fourth-order valence-corrected chi connectivity index (χ4v) is 4.12. The number of nitrogens with one attached hydrogen (secondary N) is 1. The summed E-state index contributed by atoms with van der Waals surface area (Å²) in [4.78, 5) is 17.7. The van der Waals surface area contributed by atoms with E-state index < -0.39 is 6.10 Å². The predicted molar refractivity (Wildman–Crippen MR) is 106 cm³/mol. The molecule has 1 N–H and O–H groups in total. The van der Waals surface area contributed by atoms with E-state index in [1.54, 1.807) is 24.4 Å². The van der Waals surface area contributed by atoms with Crippen molar-refractivity contribution in [3.05, 3.63) is 69.1 Å². The molecule has 1 atom stereocenters. The first-order valence-corrected chi connectivity index (χ1v) is 9.73.